The van der Waals surface area contributed by atoms with Crippen LogP contribution in [-0.2, 0) is 15.8 Å². The van der Waals surface area contributed by atoms with E-state index in [9.17, 15) is 8.42 Å². The molecule has 1 heterocycles. The third-order valence-corrected chi connectivity index (χ3v) is 5.98. The van der Waals surface area contributed by atoms with Crippen molar-refractivity contribution in [1.82, 2.24) is 4.31 Å². The SMILES string of the molecule is CC1CCCN(S(=O)(=O)Cc2ccccc2C#N)C1CN. The third kappa shape index (κ3) is 3.43. The van der Waals surface area contributed by atoms with Gasteiger partial charge in [-0.2, -0.15) is 9.57 Å². The Morgan fingerprint density at radius 3 is 2.81 bits per heavy atom. The fourth-order valence-corrected chi connectivity index (χ4v) is 4.87. The highest BCUT2D eigenvalue weighted by Crippen LogP contribution is 2.27. The summed E-state index contributed by atoms with van der Waals surface area (Å²) in [7, 11) is -3.46. The summed E-state index contributed by atoms with van der Waals surface area (Å²) in [6, 6.07) is 8.74. The third-order valence-electron chi connectivity index (χ3n) is 4.14. The number of sulfonamides is 1. The molecule has 6 heteroatoms. The standard InChI is InChI=1S/C15H21N3O2S/c1-12-5-4-8-18(15(12)10-17)21(19,20)11-14-7-3-2-6-13(14)9-16/h2-3,6-7,12,15H,4-5,8,10-11,17H2,1H3. The summed E-state index contributed by atoms with van der Waals surface area (Å²) < 4.78 is 26.9. The van der Waals surface area contributed by atoms with Crippen LogP contribution in [0.15, 0.2) is 24.3 Å². The van der Waals surface area contributed by atoms with Gasteiger partial charge in [0, 0.05) is 19.1 Å². The Kier molecular flexibility index (Phi) is 4.99. The Hall–Kier alpha value is -1.42. The molecule has 114 valence electrons. The van der Waals surface area contributed by atoms with E-state index in [1.807, 2.05) is 13.0 Å². The van der Waals surface area contributed by atoms with Crippen LogP contribution in [0.2, 0.25) is 0 Å². The van der Waals surface area contributed by atoms with E-state index in [1.165, 1.54) is 4.31 Å². The maximum Gasteiger partial charge on any atom is 0.218 e. The van der Waals surface area contributed by atoms with E-state index in [0.717, 1.165) is 12.8 Å². The minimum absolute atomic E-state index is 0.139. The normalized spacial score (nSPS) is 23.7. The van der Waals surface area contributed by atoms with Gasteiger partial charge in [-0.3, -0.25) is 0 Å². The number of nitrogens with two attached hydrogens (primary N) is 1. The first-order valence-electron chi connectivity index (χ1n) is 7.17. The van der Waals surface area contributed by atoms with Crippen molar-refractivity contribution in [3.63, 3.8) is 0 Å². The van der Waals surface area contributed by atoms with Crippen LogP contribution in [0.1, 0.15) is 30.9 Å². The molecule has 21 heavy (non-hydrogen) atoms. The molecule has 0 bridgehead atoms. The Balaban J connectivity index is 2.27. The van der Waals surface area contributed by atoms with E-state index in [-0.39, 0.29) is 17.7 Å². The van der Waals surface area contributed by atoms with Gasteiger partial charge in [0.05, 0.1) is 17.4 Å². The quantitative estimate of drug-likeness (QED) is 0.912. The summed E-state index contributed by atoms with van der Waals surface area (Å²) in [5.41, 5.74) is 6.73. The Labute approximate surface area is 126 Å². The monoisotopic (exact) mass is 307 g/mol. The number of nitriles is 1. The molecule has 2 N–H and O–H groups in total. The van der Waals surface area contributed by atoms with Crippen molar-refractivity contribution in [3.8, 4) is 6.07 Å². The van der Waals surface area contributed by atoms with Crippen LogP contribution in [0.25, 0.3) is 0 Å². The van der Waals surface area contributed by atoms with Gasteiger partial charge in [0.2, 0.25) is 10.0 Å². The number of benzene rings is 1. The molecule has 1 aliphatic heterocycles. The largest absolute Gasteiger partial charge is 0.329 e. The van der Waals surface area contributed by atoms with Crippen molar-refractivity contribution in [2.24, 2.45) is 11.7 Å². The topological polar surface area (TPSA) is 87.2 Å². The van der Waals surface area contributed by atoms with Crippen LogP contribution in [0.4, 0.5) is 0 Å². The molecule has 1 aromatic rings. The molecule has 1 fully saturated rings. The molecule has 2 atom stereocenters. The summed E-state index contributed by atoms with van der Waals surface area (Å²) in [5.74, 6) is 0.129. The highest BCUT2D eigenvalue weighted by Gasteiger charge is 2.35. The molecule has 0 saturated carbocycles. The highest BCUT2D eigenvalue weighted by atomic mass is 32.2. The lowest BCUT2D eigenvalue weighted by molar-refractivity contribution is 0.192. The van der Waals surface area contributed by atoms with Crippen molar-refractivity contribution in [3.05, 3.63) is 35.4 Å². The Morgan fingerprint density at radius 1 is 1.43 bits per heavy atom. The predicted molar refractivity (Wildman–Crippen MR) is 81.7 cm³/mol. The first-order chi connectivity index (χ1) is 9.99. The minimum Gasteiger partial charge on any atom is -0.329 e. The van der Waals surface area contributed by atoms with Gasteiger partial charge in [-0.05, 0) is 30.4 Å². The molecule has 5 nitrogen and oxygen atoms in total. The summed E-state index contributed by atoms with van der Waals surface area (Å²) >= 11 is 0. The lowest BCUT2D eigenvalue weighted by Crippen LogP contribution is -2.51. The number of rotatable bonds is 4. The van der Waals surface area contributed by atoms with Crippen molar-refractivity contribution < 1.29 is 8.42 Å². The van der Waals surface area contributed by atoms with Crippen LogP contribution < -0.4 is 5.73 Å². The van der Waals surface area contributed by atoms with Crippen molar-refractivity contribution in [2.45, 2.75) is 31.6 Å². The predicted octanol–water partition coefficient (Wildman–Crippen LogP) is 1.45. The Bertz CT molecular complexity index is 637. The first kappa shape index (κ1) is 16.0. The molecule has 0 amide bonds. The fraction of sp³-hybridized carbons (Fsp3) is 0.533. The van der Waals surface area contributed by atoms with Crippen LogP contribution >= 0.6 is 0 Å². The van der Waals surface area contributed by atoms with Gasteiger partial charge in [0.15, 0.2) is 0 Å². The molecule has 1 aromatic carbocycles. The number of nitrogens with zero attached hydrogens (tertiary/aromatic N) is 2. The zero-order chi connectivity index (χ0) is 15.5. The lowest BCUT2D eigenvalue weighted by atomic mass is 9.93. The zero-order valence-electron chi connectivity index (χ0n) is 12.2. The van der Waals surface area contributed by atoms with Gasteiger partial charge in [0.1, 0.15) is 0 Å². The van der Waals surface area contributed by atoms with Crippen molar-refractivity contribution in [2.75, 3.05) is 13.1 Å². The van der Waals surface area contributed by atoms with E-state index in [2.05, 4.69) is 0 Å². The van der Waals surface area contributed by atoms with Crippen LogP contribution in [0, 0.1) is 17.2 Å². The van der Waals surface area contributed by atoms with Gasteiger partial charge in [-0.25, -0.2) is 8.42 Å². The number of hydrogen-bond acceptors (Lipinski definition) is 4. The van der Waals surface area contributed by atoms with E-state index >= 15 is 0 Å². The molecule has 1 saturated heterocycles. The highest BCUT2D eigenvalue weighted by molar-refractivity contribution is 7.88. The van der Waals surface area contributed by atoms with Crippen LogP contribution in [0.3, 0.4) is 0 Å². The van der Waals surface area contributed by atoms with E-state index in [4.69, 9.17) is 11.0 Å². The zero-order valence-corrected chi connectivity index (χ0v) is 13.0. The summed E-state index contributed by atoms with van der Waals surface area (Å²) in [5, 5.41) is 9.09. The van der Waals surface area contributed by atoms with Gasteiger partial charge in [-0.15, -0.1) is 0 Å². The Morgan fingerprint density at radius 2 is 2.14 bits per heavy atom. The van der Waals surface area contributed by atoms with Crippen molar-refractivity contribution >= 4 is 10.0 Å². The summed E-state index contributed by atoms with van der Waals surface area (Å²) in [4.78, 5) is 0. The first-order valence-corrected chi connectivity index (χ1v) is 8.78. The smallest absolute Gasteiger partial charge is 0.218 e. The summed E-state index contributed by atoms with van der Waals surface area (Å²) in [6.07, 6.45) is 1.86. The van der Waals surface area contributed by atoms with Gasteiger partial charge < -0.3 is 5.73 Å². The molecule has 1 aliphatic rings. The minimum atomic E-state index is -3.46. The van der Waals surface area contributed by atoms with E-state index < -0.39 is 10.0 Å². The lowest BCUT2D eigenvalue weighted by Gasteiger charge is -2.38. The second-order valence-corrected chi connectivity index (χ2v) is 7.48. The molecule has 2 unspecified atom stereocenters. The average molecular weight is 307 g/mol. The molecule has 0 spiro atoms. The summed E-state index contributed by atoms with van der Waals surface area (Å²) in [6.45, 7) is 2.89. The van der Waals surface area contributed by atoms with Gasteiger partial charge >= 0.3 is 0 Å². The van der Waals surface area contributed by atoms with Crippen LogP contribution in [-0.4, -0.2) is 31.9 Å². The molecule has 0 radical (unpaired) electrons. The molecular formula is C15H21N3O2S. The molecular weight excluding hydrogens is 286 g/mol. The maximum atomic E-state index is 12.7. The molecule has 0 aromatic heterocycles. The molecule has 0 aliphatic carbocycles. The van der Waals surface area contributed by atoms with Crippen molar-refractivity contribution in [1.29, 1.82) is 5.26 Å². The molecule has 2 rings (SSSR count). The number of hydrogen-bond donors (Lipinski definition) is 1. The van der Waals surface area contributed by atoms with E-state index in [0.29, 0.717) is 24.2 Å². The second kappa shape index (κ2) is 6.56. The van der Waals surface area contributed by atoms with Crippen LogP contribution in [0.5, 0.6) is 0 Å². The van der Waals surface area contributed by atoms with Gasteiger partial charge in [0.25, 0.3) is 0 Å². The second-order valence-electron chi connectivity index (χ2n) is 5.56. The number of piperidine rings is 1. The fourth-order valence-electron chi connectivity index (χ4n) is 2.94. The average Bonchev–Trinajstić information content (AvgIpc) is 2.47. The maximum absolute atomic E-state index is 12.7. The van der Waals surface area contributed by atoms with Gasteiger partial charge in [-0.1, -0.05) is 25.1 Å². The van der Waals surface area contributed by atoms with E-state index in [1.54, 1.807) is 24.3 Å².